The summed E-state index contributed by atoms with van der Waals surface area (Å²) in [7, 11) is 0. The number of benzene rings is 4. The van der Waals surface area contributed by atoms with Crippen molar-refractivity contribution in [1.82, 2.24) is 15.0 Å². The van der Waals surface area contributed by atoms with Crippen molar-refractivity contribution in [2.24, 2.45) is 11.8 Å². The highest BCUT2D eigenvalue weighted by molar-refractivity contribution is 5.90. The Morgan fingerprint density at radius 1 is 0.667 bits per heavy atom. The number of nitrogens with zero attached hydrogens (tertiary/aromatic N) is 3. The Morgan fingerprint density at radius 2 is 1.49 bits per heavy atom. The smallest absolute Gasteiger partial charge is 0.163 e. The summed E-state index contributed by atoms with van der Waals surface area (Å²) >= 11 is 0. The lowest BCUT2D eigenvalue weighted by Gasteiger charge is -2.26. The molecule has 4 aromatic carbocycles. The van der Waals surface area contributed by atoms with Crippen LogP contribution in [0.15, 0.2) is 132 Å². The maximum absolute atomic E-state index is 6.27. The molecule has 45 heavy (non-hydrogen) atoms. The van der Waals surface area contributed by atoms with Crippen molar-refractivity contribution in [3.8, 4) is 22.5 Å². The Bertz CT molecular complexity index is 2220. The van der Waals surface area contributed by atoms with Crippen LogP contribution in [-0.4, -0.2) is 15.0 Å². The SMILES string of the molecule is C1=CC2C=CC(c3nc(-c4ccc5ccc(-c6ccccc6)cc5c4)nc(C4CC=Cc5oc6ccccc6c54)n3)=CC2CC1. The second-order valence-electron chi connectivity index (χ2n) is 12.3. The third-order valence-corrected chi connectivity index (χ3v) is 9.49. The number of para-hydroxylation sites is 1. The summed E-state index contributed by atoms with van der Waals surface area (Å²) in [6.45, 7) is 0. The van der Waals surface area contributed by atoms with Gasteiger partial charge < -0.3 is 4.42 Å². The zero-order valence-electron chi connectivity index (χ0n) is 24.8. The average molecular weight is 582 g/mol. The topological polar surface area (TPSA) is 51.8 Å². The van der Waals surface area contributed by atoms with Crippen LogP contribution < -0.4 is 0 Å². The zero-order valence-corrected chi connectivity index (χ0v) is 24.8. The summed E-state index contributed by atoms with van der Waals surface area (Å²) in [5, 5.41) is 3.47. The minimum Gasteiger partial charge on any atom is -0.456 e. The van der Waals surface area contributed by atoms with E-state index in [-0.39, 0.29) is 5.92 Å². The number of furan rings is 1. The molecule has 0 spiro atoms. The van der Waals surface area contributed by atoms with Gasteiger partial charge >= 0.3 is 0 Å². The molecule has 0 bridgehead atoms. The molecule has 3 aliphatic rings. The molecule has 2 heterocycles. The van der Waals surface area contributed by atoms with E-state index in [1.807, 2.05) is 12.1 Å². The molecule has 3 unspecified atom stereocenters. The van der Waals surface area contributed by atoms with E-state index in [2.05, 4.69) is 121 Å². The van der Waals surface area contributed by atoms with Crippen molar-refractivity contribution >= 4 is 33.4 Å². The van der Waals surface area contributed by atoms with Crippen LogP contribution in [0, 0.1) is 11.8 Å². The van der Waals surface area contributed by atoms with Gasteiger partial charge in [-0.1, -0.05) is 109 Å². The van der Waals surface area contributed by atoms with Gasteiger partial charge in [0.05, 0.1) is 5.92 Å². The molecule has 4 heteroatoms. The van der Waals surface area contributed by atoms with Gasteiger partial charge in [-0.3, -0.25) is 0 Å². The van der Waals surface area contributed by atoms with Crippen molar-refractivity contribution in [3.63, 3.8) is 0 Å². The summed E-state index contributed by atoms with van der Waals surface area (Å²) < 4.78 is 6.27. The Kier molecular flexibility index (Phi) is 6.19. The van der Waals surface area contributed by atoms with Crippen LogP contribution in [0.4, 0.5) is 0 Å². The lowest BCUT2D eigenvalue weighted by molar-refractivity contribution is 0.493. The first-order valence-corrected chi connectivity index (χ1v) is 15.9. The van der Waals surface area contributed by atoms with E-state index < -0.39 is 0 Å². The molecule has 0 radical (unpaired) electrons. The maximum atomic E-state index is 6.27. The van der Waals surface area contributed by atoms with E-state index in [0.717, 1.165) is 69.7 Å². The number of hydrogen-bond donors (Lipinski definition) is 0. The third kappa shape index (κ3) is 4.65. The highest BCUT2D eigenvalue weighted by atomic mass is 16.3. The van der Waals surface area contributed by atoms with Crippen LogP contribution >= 0.6 is 0 Å². The second-order valence-corrected chi connectivity index (χ2v) is 12.3. The fourth-order valence-corrected chi connectivity index (χ4v) is 7.16. The summed E-state index contributed by atoms with van der Waals surface area (Å²) in [6.07, 6.45) is 18.9. The monoisotopic (exact) mass is 581 g/mol. The molecule has 0 aliphatic heterocycles. The highest BCUT2D eigenvalue weighted by Gasteiger charge is 2.29. The van der Waals surface area contributed by atoms with Crippen molar-refractivity contribution in [3.05, 3.63) is 150 Å². The van der Waals surface area contributed by atoms with Gasteiger partial charge in [0.2, 0.25) is 0 Å². The predicted molar refractivity (Wildman–Crippen MR) is 182 cm³/mol. The first kappa shape index (κ1) is 26.1. The van der Waals surface area contributed by atoms with Crippen LogP contribution in [-0.2, 0) is 0 Å². The number of hydrogen-bond acceptors (Lipinski definition) is 4. The highest BCUT2D eigenvalue weighted by Crippen LogP contribution is 2.41. The van der Waals surface area contributed by atoms with Gasteiger partial charge in [-0.25, -0.2) is 15.0 Å². The van der Waals surface area contributed by atoms with Crippen molar-refractivity contribution < 1.29 is 4.42 Å². The molecule has 0 N–H and O–H groups in total. The maximum Gasteiger partial charge on any atom is 0.163 e. The Morgan fingerprint density at radius 3 is 2.42 bits per heavy atom. The molecule has 0 saturated carbocycles. The van der Waals surface area contributed by atoms with E-state index in [0.29, 0.717) is 17.7 Å². The lowest BCUT2D eigenvalue weighted by Crippen LogP contribution is -2.16. The van der Waals surface area contributed by atoms with E-state index in [1.165, 1.54) is 16.5 Å². The predicted octanol–water partition coefficient (Wildman–Crippen LogP) is 10.2. The number of allylic oxidation sites excluding steroid dienone is 7. The Balaban J connectivity index is 1.20. The standard InChI is InChI=1S/C41H31N3O/c1-2-9-26(10-3-1)30-20-17-28-19-22-32(25-33(28)24-30)40-42-39(31-21-18-27-11-4-5-12-29(27)23-31)43-41(44-40)35-14-8-16-37-38(35)34-13-6-7-15-36(34)45-37/h1-4,6-11,13,15-25,27,29,35H,5,12,14H2. The van der Waals surface area contributed by atoms with Gasteiger partial charge in [0.1, 0.15) is 17.2 Å². The quantitative estimate of drug-likeness (QED) is 0.194. The molecule has 0 amide bonds. The van der Waals surface area contributed by atoms with Gasteiger partial charge in [-0.05, 0) is 71.4 Å². The van der Waals surface area contributed by atoms with Gasteiger partial charge in [-0.2, -0.15) is 0 Å². The van der Waals surface area contributed by atoms with Crippen LogP contribution in [0.1, 0.15) is 48.2 Å². The van der Waals surface area contributed by atoms with E-state index >= 15 is 0 Å². The molecule has 0 fully saturated rings. The fraction of sp³-hybridized carbons (Fsp3) is 0.146. The normalized spacial score (nSPS) is 20.3. The van der Waals surface area contributed by atoms with Crippen molar-refractivity contribution in [2.45, 2.75) is 25.2 Å². The summed E-state index contributed by atoms with van der Waals surface area (Å²) in [5.41, 5.74) is 6.51. The summed E-state index contributed by atoms with van der Waals surface area (Å²) in [5.74, 6) is 4.00. The second kappa shape index (κ2) is 10.7. The van der Waals surface area contributed by atoms with E-state index in [9.17, 15) is 0 Å². The summed E-state index contributed by atoms with van der Waals surface area (Å²) in [4.78, 5) is 15.6. The number of aromatic nitrogens is 3. The molecule has 6 aromatic rings. The van der Waals surface area contributed by atoms with Crippen molar-refractivity contribution in [1.29, 1.82) is 0 Å². The van der Waals surface area contributed by atoms with Gasteiger partial charge in [-0.15, -0.1) is 0 Å². The van der Waals surface area contributed by atoms with E-state index in [4.69, 9.17) is 19.4 Å². The van der Waals surface area contributed by atoms with Crippen LogP contribution in [0.3, 0.4) is 0 Å². The average Bonchev–Trinajstić information content (AvgIpc) is 3.50. The molecule has 3 atom stereocenters. The number of fused-ring (bicyclic) bond motifs is 5. The minimum atomic E-state index is -0.0298. The van der Waals surface area contributed by atoms with Crippen LogP contribution in [0.25, 0.3) is 55.9 Å². The Labute approximate surface area is 262 Å². The largest absolute Gasteiger partial charge is 0.456 e. The summed E-state index contributed by atoms with van der Waals surface area (Å²) in [6, 6.07) is 32.0. The fourth-order valence-electron chi connectivity index (χ4n) is 7.16. The van der Waals surface area contributed by atoms with Crippen molar-refractivity contribution in [2.75, 3.05) is 0 Å². The number of rotatable bonds is 4. The molecule has 9 rings (SSSR count). The van der Waals surface area contributed by atoms with Crippen LogP contribution in [0.5, 0.6) is 0 Å². The molecule has 3 aliphatic carbocycles. The first-order chi connectivity index (χ1) is 22.3. The van der Waals surface area contributed by atoms with E-state index in [1.54, 1.807) is 0 Å². The minimum absolute atomic E-state index is 0.0298. The first-order valence-electron chi connectivity index (χ1n) is 15.9. The molecule has 4 nitrogen and oxygen atoms in total. The zero-order chi connectivity index (χ0) is 29.7. The lowest BCUT2D eigenvalue weighted by atomic mass is 9.79. The molecule has 0 saturated heterocycles. The Hall–Kier alpha value is -5.35. The van der Waals surface area contributed by atoms with Gasteiger partial charge in [0.15, 0.2) is 11.6 Å². The molecule has 216 valence electrons. The molecular weight excluding hydrogens is 550 g/mol. The molecule has 2 aromatic heterocycles. The van der Waals surface area contributed by atoms with Gasteiger partial charge in [0.25, 0.3) is 0 Å². The van der Waals surface area contributed by atoms with Gasteiger partial charge in [0, 0.05) is 28.0 Å². The third-order valence-electron chi connectivity index (χ3n) is 9.49. The van der Waals surface area contributed by atoms with Crippen LogP contribution in [0.2, 0.25) is 0 Å². The molecular formula is C41H31N3O.